The number of carbonyl (C=O) groups excluding carboxylic acids is 2. The van der Waals surface area contributed by atoms with Gasteiger partial charge in [0.2, 0.25) is 5.91 Å². The molecule has 4 heterocycles. The van der Waals surface area contributed by atoms with Gasteiger partial charge in [0.05, 0.1) is 17.9 Å². The first-order valence-electron chi connectivity index (χ1n) is 9.12. The molecule has 27 heavy (non-hydrogen) atoms. The number of anilines is 1. The molecule has 1 fully saturated rings. The molecular formula is C19H19N5O2S. The molecule has 0 radical (unpaired) electrons. The first-order valence-corrected chi connectivity index (χ1v) is 9.94. The second-order valence-electron chi connectivity index (χ2n) is 7.10. The third-order valence-electron chi connectivity index (χ3n) is 5.10. The number of pyridine rings is 1. The van der Waals surface area contributed by atoms with Crippen molar-refractivity contribution in [2.24, 2.45) is 5.92 Å². The molecule has 7 nitrogen and oxygen atoms in total. The molecule has 0 atom stereocenters. The number of fused-ring (bicyclic) bond motifs is 2. The van der Waals surface area contributed by atoms with Crippen LogP contribution in [0.4, 0.5) is 5.13 Å². The summed E-state index contributed by atoms with van der Waals surface area (Å²) in [5.74, 6) is 0.200. The van der Waals surface area contributed by atoms with Gasteiger partial charge in [-0.2, -0.15) is 0 Å². The highest BCUT2D eigenvalue weighted by Crippen LogP contribution is 2.33. The highest BCUT2D eigenvalue weighted by molar-refractivity contribution is 7.15. The lowest BCUT2D eigenvalue weighted by Crippen LogP contribution is -2.36. The van der Waals surface area contributed by atoms with Crippen LogP contribution in [0.25, 0.3) is 5.65 Å². The number of aromatic nitrogens is 3. The van der Waals surface area contributed by atoms with E-state index in [4.69, 9.17) is 0 Å². The zero-order valence-corrected chi connectivity index (χ0v) is 15.8. The van der Waals surface area contributed by atoms with E-state index in [9.17, 15) is 9.59 Å². The first kappa shape index (κ1) is 16.4. The SMILES string of the molecule is Cc1nc2ccccn2c1C(=O)N1CCc2nc(NC(=O)C3CC3)sc2C1. The van der Waals surface area contributed by atoms with E-state index in [0.717, 1.165) is 34.8 Å². The topological polar surface area (TPSA) is 79.6 Å². The number of carbonyl (C=O) groups is 2. The van der Waals surface area contributed by atoms with Gasteiger partial charge in [0.1, 0.15) is 11.3 Å². The van der Waals surface area contributed by atoms with Crippen LogP contribution in [-0.4, -0.2) is 37.6 Å². The summed E-state index contributed by atoms with van der Waals surface area (Å²) >= 11 is 1.48. The number of hydrogen-bond acceptors (Lipinski definition) is 5. The van der Waals surface area contributed by atoms with E-state index < -0.39 is 0 Å². The van der Waals surface area contributed by atoms with E-state index >= 15 is 0 Å². The van der Waals surface area contributed by atoms with Gasteiger partial charge in [-0.25, -0.2) is 9.97 Å². The van der Waals surface area contributed by atoms with Crippen molar-refractivity contribution in [3.63, 3.8) is 0 Å². The molecule has 1 aliphatic heterocycles. The third-order valence-corrected chi connectivity index (χ3v) is 6.10. The summed E-state index contributed by atoms with van der Waals surface area (Å²) in [5.41, 5.74) is 3.11. The quantitative estimate of drug-likeness (QED) is 0.756. The molecule has 1 saturated carbocycles. The molecule has 0 unspecified atom stereocenters. The largest absolute Gasteiger partial charge is 0.332 e. The van der Waals surface area contributed by atoms with Crippen LogP contribution in [-0.2, 0) is 17.8 Å². The van der Waals surface area contributed by atoms with Gasteiger partial charge in [0.15, 0.2) is 5.13 Å². The molecule has 2 aliphatic rings. The zero-order valence-electron chi connectivity index (χ0n) is 14.9. The van der Waals surface area contributed by atoms with Crippen molar-refractivity contribution in [3.05, 3.63) is 46.4 Å². The number of imidazole rings is 1. The number of hydrogen-bond donors (Lipinski definition) is 1. The third kappa shape index (κ3) is 2.90. The van der Waals surface area contributed by atoms with E-state index in [2.05, 4.69) is 15.3 Å². The van der Waals surface area contributed by atoms with Gasteiger partial charge in [-0.3, -0.25) is 14.0 Å². The maximum atomic E-state index is 13.2. The maximum Gasteiger partial charge on any atom is 0.273 e. The monoisotopic (exact) mass is 381 g/mol. The Morgan fingerprint density at radius 3 is 2.93 bits per heavy atom. The standard InChI is InChI=1S/C19H19N5O2S/c1-11-16(24-8-3-2-4-15(24)20-11)18(26)23-9-7-13-14(10-23)27-19(21-13)22-17(25)12-5-6-12/h2-4,8,12H,5-7,9-10H2,1H3,(H,21,22,25). The van der Waals surface area contributed by atoms with Gasteiger partial charge >= 0.3 is 0 Å². The van der Waals surface area contributed by atoms with E-state index in [0.29, 0.717) is 30.3 Å². The van der Waals surface area contributed by atoms with Crippen molar-refractivity contribution in [1.29, 1.82) is 0 Å². The summed E-state index contributed by atoms with van der Waals surface area (Å²) in [6.07, 6.45) is 4.51. The molecule has 3 aromatic rings. The Bertz CT molecular complexity index is 1070. The first-order chi connectivity index (χ1) is 13.1. The molecule has 3 aromatic heterocycles. The predicted molar refractivity (Wildman–Crippen MR) is 102 cm³/mol. The van der Waals surface area contributed by atoms with Crippen LogP contribution in [0.3, 0.4) is 0 Å². The predicted octanol–water partition coefficient (Wildman–Crippen LogP) is 2.65. The molecule has 1 aliphatic carbocycles. The zero-order chi connectivity index (χ0) is 18.5. The highest BCUT2D eigenvalue weighted by Gasteiger charge is 2.31. The fraction of sp³-hybridized carbons (Fsp3) is 0.368. The number of amides is 2. The van der Waals surface area contributed by atoms with E-state index in [1.165, 1.54) is 11.3 Å². The van der Waals surface area contributed by atoms with Crippen LogP contribution in [0.15, 0.2) is 24.4 Å². The fourth-order valence-electron chi connectivity index (χ4n) is 3.50. The smallest absolute Gasteiger partial charge is 0.273 e. The Kier molecular flexibility index (Phi) is 3.75. The molecule has 0 spiro atoms. The van der Waals surface area contributed by atoms with Crippen molar-refractivity contribution in [1.82, 2.24) is 19.3 Å². The molecular weight excluding hydrogens is 362 g/mol. The Morgan fingerprint density at radius 1 is 1.26 bits per heavy atom. The summed E-state index contributed by atoms with van der Waals surface area (Å²) in [4.78, 5) is 37.1. The van der Waals surface area contributed by atoms with E-state index in [1.807, 2.05) is 40.6 Å². The second-order valence-corrected chi connectivity index (χ2v) is 8.19. The van der Waals surface area contributed by atoms with Crippen LogP contribution in [0.2, 0.25) is 0 Å². The number of rotatable bonds is 3. The molecule has 2 amide bonds. The molecule has 0 bridgehead atoms. The van der Waals surface area contributed by atoms with Gasteiger partial charge in [-0.1, -0.05) is 17.4 Å². The van der Waals surface area contributed by atoms with Crippen LogP contribution < -0.4 is 5.32 Å². The van der Waals surface area contributed by atoms with Crippen molar-refractivity contribution >= 4 is 33.9 Å². The second kappa shape index (κ2) is 6.16. The van der Waals surface area contributed by atoms with Crippen LogP contribution in [0.1, 0.15) is 39.6 Å². The molecule has 0 saturated heterocycles. The lowest BCUT2D eigenvalue weighted by Gasteiger charge is -2.26. The summed E-state index contributed by atoms with van der Waals surface area (Å²) in [5, 5.41) is 3.57. The van der Waals surface area contributed by atoms with Gasteiger partial charge in [0.25, 0.3) is 5.91 Å². The van der Waals surface area contributed by atoms with E-state index in [-0.39, 0.29) is 17.7 Å². The Labute approximate surface area is 160 Å². The van der Waals surface area contributed by atoms with Crippen LogP contribution in [0.5, 0.6) is 0 Å². The number of nitrogens with one attached hydrogen (secondary N) is 1. The average molecular weight is 381 g/mol. The molecule has 138 valence electrons. The molecule has 0 aromatic carbocycles. The lowest BCUT2D eigenvalue weighted by molar-refractivity contribution is -0.117. The van der Waals surface area contributed by atoms with Crippen molar-refractivity contribution < 1.29 is 9.59 Å². The Morgan fingerprint density at radius 2 is 2.11 bits per heavy atom. The summed E-state index contributed by atoms with van der Waals surface area (Å²) in [6, 6.07) is 5.71. The Hall–Kier alpha value is -2.74. The van der Waals surface area contributed by atoms with Crippen LogP contribution in [0, 0.1) is 12.8 Å². The average Bonchev–Trinajstić information content (AvgIpc) is 3.35. The number of aryl methyl sites for hydroxylation is 1. The van der Waals surface area contributed by atoms with Crippen LogP contribution >= 0.6 is 11.3 Å². The number of nitrogens with zero attached hydrogens (tertiary/aromatic N) is 4. The van der Waals surface area contributed by atoms with Gasteiger partial charge in [-0.15, -0.1) is 0 Å². The minimum absolute atomic E-state index is 0.0196. The van der Waals surface area contributed by atoms with Gasteiger partial charge < -0.3 is 10.2 Å². The van der Waals surface area contributed by atoms with Gasteiger partial charge in [0, 0.05) is 30.0 Å². The van der Waals surface area contributed by atoms with Crippen molar-refractivity contribution in [2.45, 2.75) is 32.7 Å². The summed E-state index contributed by atoms with van der Waals surface area (Å²) in [7, 11) is 0. The number of thiazole rings is 1. The molecule has 1 N–H and O–H groups in total. The Balaban J connectivity index is 1.38. The lowest BCUT2D eigenvalue weighted by atomic mass is 10.1. The normalized spacial score (nSPS) is 16.4. The highest BCUT2D eigenvalue weighted by atomic mass is 32.1. The fourth-order valence-corrected chi connectivity index (χ4v) is 4.52. The van der Waals surface area contributed by atoms with Crippen molar-refractivity contribution in [2.75, 3.05) is 11.9 Å². The minimum atomic E-state index is -0.0196. The van der Waals surface area contributed by atoms with Gasteiger partial charge in [-0.05, 0) is 31.9 Å². The minimum Gasteiger partial charge on any atom is -0.332 e. The summed E-state index contributed by atoms with van der Waals surface area (Å²) < 4.78 is 1.85. The molecule has 5 rings (SSSR count). The maximum absolute atomic E-state index is 13.2. The van der Waals surface area contributed by atoms with Crippen molar-refractivity contribution in [3.8, 4) is 0 Å². The van der Waals surface area contributed by atoms with E-state index in [1.54, 1.807) is 0 Å². The summed E-state index contributed by atoms with van der Waals surface area (Å²) in [6.45, 7) is 3.00. The molecule has 8 heteroatoms.